The summed E-state index contributed by atoms with van der Waals surface area (Å²) >= 11 is 0. The van der Waals surface area contributed by atoms with Crippen LogP contribution in [0.1, 0.15) is 72.9 Å². The van der Waals surface area contributed by atoms with E-state index in [1.807, 2.05) is 36.9 Å². The minimum absolute atomic E-state index is 0.287. The summed E-state index contributed by atoms with van der Waals surface area (Å²) in [5.74, 6) is 0.287. The van der Waals surface area contributed by atoms with E-state index in [0.29, 0.717) is 12.1 Å². The van der Waals surface area contributed by atoms with Crippen LogP contribution in [-0.2, 0) is 29.5 Å². The molecule has 2 fully saturated rings. The monoisotopic (exact) mass is 639 g/mol. The van der Waals surface area contributed by atoms with Crippen molar-refractivity contribution < 1.29 is 4.79 Å². The Hall–Kier alpha value is -4.29. The number of hydrogen-bond donors (Lipinski definition) is 1. The Morgan fingerprint density at radius 3 is 1.96 bits per heavy atom. The number of nitrogens with one attached hydrogen (secondary N) is 1. The van der Waals surface area contributed by atoms with E-state index in [9.17, 15) is 4.79 Å². The van der Waals surface area contributed by atoms with E-state index >= 15 is 0 Å². The van der Waals surface area contributed by atoms with Crippen molar-refractivity contribution in [2.24, 2.45) is 0 Å². The van der Waals surface area contributed by atoms with Gasteiger partial charge in [0.2, 0.25) is 5.91 Å². The molecule has 0 spiro atoms. The summed E-state index contributed by atoms with van der Waals surface area (Å²) in [6, 6.07) is 22.8. The number of hydrogen-bond acceptors (Lipinski definition) is 4. The third kappa shape index (κ3) is 6.68. The Balaban J connectivity index is 1.22. The van der Waals surface area contributed by atoms with E-state index in [1.165, 1.54) is 44.5 Å². The van der Waals surface area contributed by atoms with Gasteiger partial charge in [0.25, 0.3) is 0 Å². The first-order valence-corrected chi connectivity index (χ1v) is 17.8. The van der Waals surface area contributed by atoms with Crippen LogP contribution in [-0.4, -0.2) is 62.4 Å². The summed E-state index contributed by atoms with van der Waals surface area (Å²) in [7, 11) is 0. The maximum atomic E-state index is 14.1. The van der Waals surface area contributed by atoms with Crippen molar-refractivity contribution >= 4 is 16.8 Å². The number of rotatable bonds is 12. The van der Waals surface area contributed by atoms with Crippen LogP contribution in [0.15, 0.2) is 85.5 Å². The Kier molecular flexibility index (Phi) is 9.19. The van der Waals surface area contributed by atoms with Gasteiger partial charge in [0.05, 0.1) is 5.41 Å². The van der Waals surface area contributed by atoms with Crippen LogP contribution in [0.3, 0.4) is 0 Å². The van der Waals surface area contributed by atoms with Crippen LogP contribution in [0.2, 0.25) is 0 Å². The zero-order chi connectivity index (χ0) is 33.3. The van der Waals surface area contributed by atoms with Crippen molar-refractivity contribution in [3.63, 3.8) is 0 Å². The number of nitrogens with zero attached hydrogens (tertiary/aromatic N) is 4. The number of aromatic nitrogens is 3. The Labute approximate surface area is 285 Å². The van der Waals surface area contributed by atoms with Crippen molar-refractivity contribution in [1.29, 1.82) is 0 Å². The highest BCUT2D eigenvalue weighted by molar-refractivity contribution is 5.94. The van der Waals surface area contributed by atoms with E-state index in [-0.39, 0.29) is 5.91 Å². The van der Waals surface area contributed by atoms with Crippen LogP contribution < -0.4 is 0 Å². The Morgan fingerprint density at radius 2 is 1.40 bits per heavy atom. The first-order valence-electron chi connectivity index (χ1n) is 17.8. The second-order valence-electron chi connectivity index (χ2n) is 14.7. The van der Waals surface area contributed by atoms with Gasteiger partial charge in [-0.3, -0.25) is 14.8 Å². The van der Waals surface area contributed by atoms with Crippen molar-refractivity contribution in [3.05, 3.63) is 119 Å². The van der Waals surface area contributed by atoms with Crippen molar-refractivity contribution in [3.8, 4) is 11.3 Å². The number of amides is 1. The molecular formula is C42H49N5O. The molecule has 6 heteroatoms. The number of carbonyl (C=O) groups excluding carboxylic acids is 1. The van der Waals surface area contributed by atoms with Crippen molar-refractivity contribution in [2.75, 3.05) is 19.6 Å². The van der Waals surface area contributed by atoms with E-state index in [0.717, 1.165) is 75.7 Å². The summed E-state index contributed by atoms with van der Waals surface area (Å²) < 4.78 is 0. The molecular weight excluding hydrogens is 590 g/mol. The highest BCUT2D eigenvalue weighted by Gasteiger charge is 2.47. The predicted octanol–water partition coefficient (Wildman–Crippen LogP) is 8.00. The molecule has 248 valence electrons. The lowest BCUT2D eigenvalue weighted by molar-refractivity contribution is -0.137. The van der Waals surface area contributed by atoms with Crippen molar-refractivity contribution in [1.82, 2.24) is 24.8 Å². The lowest BCUT2D eigenvalue weighted by Crippen LogP contribution is -2.45. The number of aromatic amines is 1. The maximum absolute atomic E-state index is 14.1. The quantitative estimate of drug-likeness (QED) is 0.150. The molecule has 1 N–H and O–H groups in total. The zero-order valence-corrected chi connectivity index (χ0v) is 29.0. The molecule has 2 aliphatic rings. The molecule has 0 aliphatic carbocycles. The number of benzene rings is 2. The van der Waals surface area contributed by atoms with Crippen LogP contribution in [0.5, 0.6) is 0 Å². The van der Waals surface area contributed by atoms with Crippen LogP contribution in [0.4, 0.5) is 0 Å². The van der Waals surface area contributed by atoms with Gasteiger partial charge in [-0.05, 0) is 137 Å². The highest BCUT2D eigenvalue weighted by Crippen LogP contribution is 2.42. The molecule has 1 amide bonds. The second-order valence-corrected chi connectivity index (χ2v) is 14.7. The molecule has 7 rings (SSSR count). The molecule has 5 heterocycles. The lowest BCUT2D eigenvalue weighted by Gasteiger charge is -2.33. The third-order valence-corrected chi connectivity index (χ3v) is 10.9. The number of H-pyrrole nitrogens is 1. The fourth-order valence-electron chi connectivity index (χ4n) is 8.22. The van der Waals surface area contributed by atoms with Gasteiger partial charge in [-0.15, -0.1) is 0 Å². The molecule has 5 aromatic rings. The van der Waals surface area contributed by atoms with E-state index in [2.05, 4.69) is 101 Å². The van der Waals surface area contributed by atoms with Gasteiger partial charge in [-0.2, -0.15) is 0 Å². The smallest absolute Gasteiger partial charge is 0.233 e. The molecule has 2 aliphatic heterocycles. The molecule has 2 bridgehead atoms. The molecule has 0 unspecified atom stereocenters. The molecule has 6 nitrogen and oxygen atoms in total. The average molecular weight is 640 g/mol. The average Bonchev–Trinajstić information content (AvgIpc) is 3.80. The van der Waals surface area contributed by atoms with Gasteiger partial charge in [-0.1, -0.05) is 35.4 Å². The fourth-order valence-corrected chi connectivity index (χ4v) is 8.22. The summed E-state index contributed by atoms with van der Waals surface area (Å²) in [6.07, 6.45) is 15.1. The Morgan fingerprint density at radius 1 is 0.812 bits per heavy atom. The summed E-state index contributed by atoms with van der Waals surface area (Å²) in [5.41, 5.74) is 10.4. The van der Waals surface area contributed by atoms with Crippen LogP contribution in [0.25, 0.3) is 22.2 Å². The molecule has 3 aromatic heterocycles. The summed E-state index contributed by atoms with van der Waals surface area (Å²) in [6.45, 7) is 11.4. The van der Waals surface area contributed by atoms with E-state index < -0.39 is 5.41 Å². The summed E-state index contributed by atoms with van der Waals surface area (Å²) in [5, 5.41) is 1.23. The van der Waals surface area contributed by atoms with Gasteiger partial charge in [-0.25, -0.2) is 0 Å². The van der Waals surface area contributed by atoms with Gasteiger partial charge in [0.15, 0.2) is 0 Å². The SMILES string of the molecule is Cc1cc(C)cc(-c2[nH]c3ccc(C(C)(C)C(=O)N4C5CCC4CC5)cc3c2CCN(CCc2cccnc2)CCc2cccnc2)c1. The molecule has 0 atom stereocenters. The van der Waals surface area contributed by atoms with E-state index in [4.69, 9.17) is 0 Å². The molecule has 0 radical (unpaired) electrons. The number of carbonyl (C=O) groups is 1. The van der Waals surface area contributed by atoms with E-state index in [1.54, 1.807) is 0 Å². The normalized spacial score (nSPS) is 17.6. The Bertz CT molecular complexity index is 1800. The van der Waals surface area contributed by atoms with Gasteiger partial charge in [0.1, 0.15) is 0 Å². The van der Waals surface area contributed by atoms with Gasteiger partial charge < -0.3 is 14.8 Å². The minimum Gasteiger partial charge on any atom is -0.354 e. The largest absolute Gasteiger partial charge is 0.354 e. The first kappa shape index (κ1) is 32.3. The molecule has 48 heavy (non-hydrogen) atoms. The zero-order valence-electron chi connectivity index (χ0n) is 29.0. The summed E-state index contributed by atoms with van der Waals surface area (Å²) in [4.78, 5) is 31.5. The third-order valence-electron chi connectivity index (χ3n) is 10.9. The van der Waals surface area contributed by atoms with Crippen molar-refractivity contribution in [2.45, 2.75) is 90.1 Å². The molecule has 0 saturated carbocycles. The number of aryl methyl sites for hydroxylation is 2. The fraction of sp³-hybridized carbons (Fsp3) is 0.405. The first-order chi connectivity index (χ1) is 23.3. The predicted molar refractivity (Wildman–Crippen MR) is 195 cm³/mol. The molecule has 2 saturated heterocycles. The standard InChI is InChI=1S/C42H49N5O/c1-29-23-30(2)25-33(24-29)40-37(17-22-46(20-15-31-7-5-18-43-27-31)21-16-32-8-6-19-44-28-32)38-26-34(9-14-39(38)45-40)42(3,4)41(48)47-35-10-11-36(47)13-12-35/h5-9,14,18-19,23-28,35-36,45H,10-13,15-17,20-22H2,1-4H3. The number of pyridine rings is 2. The van der Waals surface area contributed by atoms with Gasteiger partial charge >= 0.3 is 0 Å². The number of fused-ring (bicyclic) bond motifs is 3. The van der Waals surface area contributed by atoms with Crippen LogP contribution >= 0.6 is 0 Å². The van der Waals surface area contributed by atoms with Crippen LogP contribution in [0, 0.1) is 13.8 Å². The topological polar surface area (TPSA) is 65.1 Å². The maximum Gasteiger partial charge on any atom is 0.233 e. The minimum atomic E-state index is -0.590. The molecule has 2 aromatic carbocycles. The second kappa shape index (κ2) is 13.7. The highest BCUT2D eigenvalue weighted by atomic mass is 16.2. The van der Waals surface area contributed by atoms with Gasteiger partial charge in [0, 0.05) is 73.1 Å². The lowest BCUT2D eigenvalue weighted by atomic mass is 9.82.